The molecule has 2 aromatic carbocycles. The van der Waals surface area contributed by atoms with Gasteiger partial charge in [0.25, 0.3) is 0 Å². The second kappa shape index (κ2) is 8.04. The van der Waals surface area contributed by atoms with Gasteiger partial charge in [-0.1, -0.05) is 13.8 Å². The average molecular weight is 430 g/mol. The molecular weight excluding hydrogens is 400 g/mol. The number of fused-ring (bicyclic) bond motifs is 7. The lowest BCUT2D eigenvalue weighted by atomic mass is 9.77. The molecule has 1 saturated heterocycles. The second-order valence-corrected chi connectivity index (χ2v) is 7.91. The SMILES string of the molecule is COc1cc2c(c(OC)c1OC)-c1c(cc(OC)c(OC)c1OC)[C@@H]1O[C@H]2[C@H](C)[C@@H]1C. The van der Waals surface area contributed by atoms with Crippen LogP contribution in [0.4, 0.5) is 0 Å². The van der Waals surface area contributed by atoms with Crippen LogP contribution in [0.25, 0.3) is 11.1 Å². The second-order valence-electron chi connectivity index (χ2n) is 7.91. The van der Waals surface area contributed by atoms with Gasteiger partial charge in [-0.15, -0.1) is 0 Å². The van der Waals surface area contributed by atoms with Gasteiger partial charge in [-0.3, -0.25) is 0 Å². The zero-order valence-corrected chi connectivity index (χ0v) is 19.3. The molecule has 0 unspecified atom stereocenters. The van der Waals surface area contributed by atoms with Crippen molar-refractivity contribution in [2.45, 2.75) is 26.1 Å². The molecule has 0 radical (unpaired) electrons. The van der Waals surface area contributed by atoms with Crippen LogP contribution in [0.5, 0.6) is 34.5 Å². The van der Waals surface area contributed by atoms with E-state index in [1.54, 1.807) is 42.7 Å². The van der Waals surface area contributed by atoms with Gasteiger partial charge in [0.1, 0.15) is 0 Å². The molecule has 2 heterocycles. The van der Waals surface area contributed by atoms with Crippen LogP contribution >= 0.6 is 0 Å². The summed E-state index contributed by atoms with van der Waals surface area (Å²) >= 11 is 0. The lowest BCUT2D eigenvalue weighted by molar-refractivity contribution is 0.0312. The zero-order valence-electron chi connectivity index (χ0n) is 19.3. The monoisotopic (exact) mass is 430 g/mol. The smallest absolute Gasteiger partial charge is 0.203 e. The quantitative estimate of drug-likeness (QED) is 0.652. The Bertz CT molecular complexity index is 921. The maximum absolute atomic E-state index is 6.64. The minimum Gasteiger partial charge on any atom is -0.493 e. The third-order valence-electron chi connectivity index (χ3n) is 6.66. The van der Waals surface area contributed by atoms with Gasteiger partial charge in [-0.2, -0.15) is 0 Å². The van der Waals surface area contributed by atoms with Crippen LogP contribution in [-0.4, -0.2) is 42.7 Å². The molecule has 1 fully saturated rings. The van der Waals surface area contributed by atoms with Crippen molar-refractivity contribution in [2.75, 3.05) is 42.7 Å². The summed E-state index contributed by atoms with van der Waals surface area (Å²) in [6, 6.07) is 3.97. The summed E-state index contributed by atoms with van der Waals surface area (Å²) in [4.78, 5) is 0. The number of benzene rings is 2. The van der Waals surface area contributed by atoms with Crippen molar-refractivity contribution in [3.63, 3.8) is 0 Å². The van der Waals surface area contributed by atoms with Crippen LogP contribution < -0.4 is 28.4 Å². The Balaban J connectivity index is 2.20. The molecule has 168 valence electrons. The molecule has 2 aliphatic rings. The van der Waals surface area contributed by atoms with E-state index < -0.39 is 0 Å². The molecule has 7 nitrogen and oxygen atoms in total. The molecule has 0 aromatic heterocycles. The number of rotatable bonds is 6. The number of methoxy groups -OCH3 is 6. The molecule has 0 saturated carbocycles. The standard InChI is InChI=1S/C24H30O7/c1-11-12(2)20-14-10-16(26-4)22(28-6)24(30-8)18(14)17-13(19(11)31-20)9-15(25-3)21(27-5)23(17)29-7/h9-12,19-20H,1-8H3/t11-,12+,19+,20-. The summed E-state index contributed by atoms with van der Waals surface area (Å²) in [5.74, 6) is 3.91. The van der Waals surface area contributed by atoms with Crippen molar-refractivity contribution in [3.8, 4) is 45.6 Å². The topological polar surface area (TPSA) is 64.6 Å². The molecule has 31 heavy (non-hydrogen) atoms. The molecule has 2 bridgehead atoms. The van der Waals surface area contributed by atoms with E-state index in [1.807, 2.05) is 12.1 Å². The fourth-order valence-electron chi connectivity index (χ4n) is 4.99. The Hall–Kier alpha value is -2.80. The Morgan fingerprint density at radius 2 is 0.903 bits per heavy atom. The third-order valence-corrected chi connectivity index (χ3v) is 6.66. The van der Waals surface area contributed by atoms with Gasteiger partial charge in [0.15, 0.2) is 23.0 Å². The molecule has 0 spiro atoms. The minimum atomic E-state index is -0.141. The lowest BCUT2D eigenvalue weighted by Crippen LogP contribution is -2.15. The number of ether oxygens (including phenoxy) is 7. The molecule has 2 aliphatic heterocycles. The molecule has 0 N–H and O–H groups in total. The maximum Gasteiger partial charge on any atom is 0.203 e. The summed E-state index contributed by atoms with van der Waals surface area (Å²) in [6.07, 6.45) is -0.282. The van der Waals surface area contributed by atoms with Crippen molar-refractivity contribution in [1.82, 2.24) is 0 Å². The van der Waals surface area contributed by atoms with E-state index in [4.69, 9.17) is 33.2 Å². The summed E-state index contributed by atoms with van der Waals surface area (Å²) < 4.78 is 41.1. The zero-order chi connectivity index (χ0) is 22.4. The van der Waals surface area contributed by atoms with Crippen molar-refractivity contribution in [1.29, 1.82) is 0 Å². The van der Waals surface area contributed by atoms with Crippen molar-refractivity contribution in [3.05, 3.63) is 23.3 Å². The summed E-state index contributed by atoms with van der Waals surface area (Å²) in [5, 5.41) is 0. The fourth-order valence-corrected chi connectivity index (χ4v) is 4.99. The lowest BCUT2D eigenvalue weighted by Gasteiger charge is -2.28. The average Bonchev–Trinajstić information content (AvgIpc) is 3.01. The molecular formula is C24H30O7. The Morgan fingerprint density at radius 1 is 0.548 bits per heavy atom. The van der Waals surface area contributed by atoms with Crippen molar-refractivity contribution in [2.24, 2.45) is 11.8 Å². The molecule has 0 aliphatic carbocycles. The highest BCUT2D eigenvalue weighted by Gasteiger charge is 2.48. The van der Waals surface area contributed by atoms with E-state index in [1.165, 1.54) is 0 Å². The van der Waals surface area contributed by atoms with Crippen LogP contribution in [0.15, 0.2) is 12.1 Å². The van der Waals surface area contributed by atoms with Gasteiger partial charge in [0.2, 0.25) is 11.5 Å². The Morgan fingerprint density at radius 3 is 1.19 bits per heavy atom. The van der Waals surface area contributed by atoms with Crippen LogP contribution in [0.2, 0.25) is 0 Å². The largest absolute Gasteiger partial charge is 0.493 e. The first-order valence-electron chi connectivity index (χ1n) is 10.3. The molecule has 7 heteroatoms. The van der Waals surface area contributed by atoms with Gasteiger partial charge >= 0.3 is 0 Å². The van der Waals surface area contributed by atoms with Gasteiger partial charge in [0, 0.05) is 11.1 Å². The van der Waals surface area contributed by atoms with Gasteiger partial charge < -0.3 is 33.2 Å². The van der Waals surface area contributed by atoms with Gasteiger partial charge in [-0.25, -0.2) is 0 Å². The molecule has 0 amide bonds. The van der Waals surface area contributed by atoms with Gasteiger partial charge in [0.05, 0.1) is 54.9 Å². The van der Waals surface area contributed by atoms with E-state index >= 15 is 0 Å². The highest BCUT2D eigenvalue weighted by atomic mass is 16.5. The minimum absolute atomic E-state index is 0.141. The van der Waals surface area contributed by atoms with Gasteiger partial charge in [-0.05, 0) is 35.1 Å². The Labute approximate surface area is 183 Å². The first-order chi connectivity index (χ1) is 15.0. The normalized spacial score (nSPS) is 23.4. The fraction of sp³-hybridized carbons (Fsp3) is 0.500. The van der Waals surface area contributed by atoms with E-state index in [9.17, 15) is 0 Å². The predicted molar refractivity (Wildman–Crippen MR) is 116 cm³/mol. The van der Waals surface area contributed by atoms with Crippen molar-refractivity contribution >= 4 is 0 Å². The molecule has 4 atom stereocenters. The van der Waals surface area contributed by atoms with E-state index in [-0.39, 0.29) is 24.0 Å². The number of hydrogen-bond acceptors (Lipinski definition) is 7. The van der Waals surface area contributed by atoms with Crippen LogP contribution in [-0.2, 0) is 4.74 Å². The predicted octanol–water partition coefficient (Wildman–Crippen LogP) is 4.80. The van der Waals surface area contributed by atoms with Crippen LogP contribution in [0.1, 0.15) is 37.2 Å². The first kappa shape index (κ1) is 21.4. The van der Waals surface area contributed by atoms with Crippen molar-refractivity contribution < 1.29 is 33.2 Å². The van der Waals surface area contributed by atoms with E-state index in [0.29, 0.717) is 34.5 Å². The molecule has 4 rings (SSSR count). The van der Waals surface area contributed by atoms with Crippen LogP contribution in [0.3, 0.4) is 0 Å². The van der Waals surface area contributed by atoms with E-state index in [2.05, 4.69) is 13.8 Å². The maximum atomic E-state index is 6.64. The highest BCUT2D eigenvalue weighted by molar-refractivity contribution is 5.89. The summed E-state index contributed by atoms with van der Waals surface area (Å²) in [5.41, 5.74) is 3.67. The summed E-state index contributed by atoms with van der Waals surface area (Å²) in [7, 11) is 9.69. The molecule has 2 aromatic rings. The first-order valence-corrected chi connectivity index (χ1v) is 10.3. The third kappa shape index (κ3) is 2.90. The number of hydrogen-bond donors (Lipinski definition) is 0. The Kier molecular flexibility index (Phi) is 5.56. The van der Waals surface area contributed by atoms with Crippen LogP contribution in [0, 0.1) is 11.8 Å². The van der Waals surface area contributed by atoms with E-state index in [0.717, 1.165) is 22.3 Å². The highest BCUT2D eigenvalue weighted by Crippen LogP contribution is 2.63. The summed E-state index contributed by atoms with van der Waals surface area (Å²) in [6.45, 7) is 4.43.